The van der Waals surface area contributed by atoms with Gasteiger partial charge < -0.3 is 92.3 Å². The van der Waals surface area contributed by atoms with E-state index in [1.54, 1.807) is 12.1 Å². The number of anilines is 1. The summed E-state index contributed by atoms with van der Waals surface area (Å²) in [4.78, 5) is 27.8. The average molecular weight is 896 g/mol. The van der Waals surface area contributed by atoms with Crippen molar-refractivity contribution in [2.24, 2.45) is 22.9 Å². The first-order valence-corrected chi connectivity index (χ1v) is 20.9. The van der Waals surface area contributed by atoms with Crippen LogP contribution < -0.4 is 43.1 Å². The first-order chi connectivity index (χ1) is 29.3. The van der Waals surface area contributed by atoms with E-state index in [1.807, 2.05) is 24.3 Å². The number of ether oxygens (including phenoxy) is 5. The number of hydrogen-bond acceptors (Lipinski definition) is 20. The summed E-state index contributed by atoms with van der Waals surface area (Å²) in [5.41, 5.74) is 22.8. The van der Waals surface area contributed by atoms with Crippen LogP contribution in [-0.4, -0.2) is 173 Å². The lowest BCUT2D eigenvalue weighted by atomic mass is 9.84. The lowest BCUT2D eigenvalue weighted by Crippen LogP contribution is -2.68. The summed E-state index contributed by atoms with van der Waals surface area (Å²) in [7, 11) is -0.965. The van der Waals surface area contributed by atoms with E-state index in [0.717, 1.165) is 15.1 Å². The molecule has 342 valence electrons. The number of fused-ring (bicyclic) bond motifs is 2. The minimum Gasteiger partial charge on any atom is -0.496 e. The summed E-state index contributed by atoms with van der Waals surface area (Å²) in [6, 6.07) is 12.2. The molecule has 4 aromatic rings. The molecule has 17 N–H and O–H groups in total. The Morgan fingerprint density at radius 3 is 1.97 bits per heavy atom. The van der Waals surface area contributed by atoms with Gasteiger partial charge in [-0.2, -0.15) is 0 Å². The highest BCUT2D eigenvalue weighted by atomic mass is 32.2. The average Bonchev–Trinajstić information content (AvgIpc) is 3.26. The summed E-state index contributed by atoms with van der Waals surface area (Å²) in [6.07, 6.45) is -16.5. The second kappa shape index (κ2) is 19.3. The number of nitrogens with one attached hydrogen (secondary N) is 2. The van der Waals surface area contributed by atoms with Gasteiger partial charge in [0.25, 0.3) is 10.0 Å². The zero-order valence-electron chi connectivity index (χ0n) is 33.4. The van der Waals surface area contributed by atoms with E-state index in [4.69, 9.17) is 46.6 Å². The number of nitrogens with zero attached hydrogens (tertiary/aromatic N) is 1. The Morgan fingerprint density at radius 2 is 1.35 bits per heavy atom. The predicted molar refractivity (Wildman–Crippen MR) is 219 cm³/mol. The molecule has 7 rings (SSSR count). The van der Waals surface area contributed by atoms with Crippen LogP contribution in [0.3, 0.4) is 0 Å². The molecule has 24 heteroatoms. The lowest BCUT2D eigenvalue weighted by Gasteiger charge is -2.48. The van der Waals surface area contributed by atoms with Crippen LogP contribution in [0.5, 0.6) is 5.75 Å². The summed E-state index contributed by atoms with van der Waals surface area (Å²) in [5, 5.41) is 72.6. The molecule has 3 aromatic carbocycles. The van der Waals surface area contributed by atoms with E-state index in [-0.39, 0.29) is 23.4 Å². The summed E-state index contributed by atoms with van der Waals surface area (Å²) >= 11 is 0. The molecule has 62 heavy (non-hydrogen) atoms. The van der Waals surface area contributed by atoms with Gasteiger partial charge in [0.15, 0.2) is 12.6 Å². The zero-order chi connectivity index (χ0) is 45.4. The molecule has 3 fully saturated rings. The highest BCUT2D eigenvalue weighted by molar-refractivity contribution is 7.92. The molecule has 3 aliphatic rings. The number of aromatic nitrogens is 2. The molecule has 0 bridgehead atoms. The number of sulfonamides is 1. The van der Waals surface area contributed by atoms with Crippen LogP contribution in [0.25, 0.3) is 21.8 Å². The third-order valence-corrected chi connectivity index (χ3v) is 13.0. The minimum absolute atomic E-state index is 0.0256. The lowest BCUT2D eigenvalue weighted by molar-refractivity contribution is -0.332. The molecule has 2 aliphatic heterocycles. The standard InChI is InChI=1S/C20H17N3O5S.C18H36N4O11/c1-23(13-9-12-5-3-4-6-15(12)18(10-13)28-2)29(26,27)14-7-8-16-17(11-14)22-20(25)19(24)21-16;19-2-6-10(25)12(27)13(28)18(30-6)33-16-5(21)1-4(20)15(14(16)29)32-17-11(26)8(22)9(24)7(3-23)31-17/h3-11H,1-2H3,(H,21,24)(H,22,25);4-18,23-29H,1-3,19-22H2/t;4-,5+,6-,7-,8+,9-,10-,11-,12+,13-,14-,15+,16-,17-,18-/m.1/s1. The van der Waals surface area contributed by atoms with Crippen molar-refractivity contribution in [3.63, 3.8) is 0 Å². The monoisotopic (exact) mass is 895 g/mol. The number of aliphatic hydroxyl groups is 7. The molecule has 15 atom stereocenters. The van der Waals surface area contributed by atoms with Gasteiger partial charge in [-0.05, 0) is 36.1 Å². The highest BCUT2D eigenvalue weighted by Crippen LogP contribution is 2.34. The van der Waals surface area contributed by atoms with E-state index in [0.29, 0.717) is 17.0 Å². The molecule has 1 aliphatic carbocycles. The van der Waals surface area contributed by atoms with Crippen molar-refractivity contribution in [2.75, 3.05) is 31.6 Å². The fourth-order valence-corrected chi connectivity index (χ4v) is 8.77. The van der Waals surface area contributed by atoms with Crippen molar-refractivity contribution in [3.8, 4) is 5.75 Å². The molecule has 0 radical (unpaired) electrons. The molecular formula is C38H53N7O16S. The molecule has 0 amide bonds. The SMILES string of the molecule is COc1cc(N(C)S(=O)(=O)c2ccc3[nH]c(=O)c(=O)[nH]c3c2)cc2ccccc12.NC[C@H]1O[C@H](O[C@H]2[C@H](O)[C@@H](O[C@H]3O[C@H](CO)[C@@H](O)[C@H](N)[C@H]3O)[C@H](N)C[C@@H]2N)[C@H](O)[C@@H](O)[C@@H]1O. The Hall–Kier alpha value is -4.19. The Bertz CT molecular complexity index is 2360. The van der Waals surface area contributed by atoms with Gasteiger partial charge in [-0.3, -0.25) is 13.9 Å². The van der Waals surface area contributed by atoms with E-state index in [2.05, 4.69) is 9.97 Å². The number of nitrogens with two attached hydrogens (primary N) is 4. The number of aromatic amines is 2. The van der Waals surface area contributed by atoms with Crippen LogP contribution in [-0.2, 0) is 29.0 Å². The topological polar surface area (TPSA) is 395 Å². The predicted octanol–water partition coefficient (Wildman–Crippen LogP) is -5.09. The Morgan fingerprint density at radius 1 is 0.758 bits per heavy atom. The Kier molecular flexibility index (Phi) is 14.7. The van der Waals surface area contributed by atoms with Gasteiger partial charge in [-0.25, -0.2) is 8.42 Å². The number of benzene rings is 3. The molecule has 1 aromatic heterocycles. The maximum atomic E-state index is 13.2. The van der Waals surface area contributed by atoms with Crippen molar-refractivity contribution in [3.05, 3.63) is 75.3 Å². The van der Waals surface area contributed by atoms with Crippen LogP contribution in [0.1, 0.15) is 6.42 Å². The van der Waals surface area contributed by atoms with E-state index < -0.39 is 119 Å². The second-order valence-electron chi connectivity index (χ2n) is 15.2. The van der Waals surface area contributed by atoms with Crippen molar-refractivity contribution < 1.29 is 67.8 Å². The molecule has 1 saturated carbocycles. The van der Waals surface area contributed by atoms with E-state index in [1.165, 1.54) is 32.4 Å². The second-order valence-corrected chi connectivity index (χ2v) is 17.2. The van der Waals surface area contributed by atoms with Crippen molar-refractivity contribution in [2.45, 2.75) is 103 Å². The maximum absolute atomic E-state index is 13.2. The van der Waals surface area contributed by atoms with E-state index >= 15 is 0 Å². The van der Waals surface area contributed by atoms with Gasteiger partial charge in [-0.15, -0.1) is 0 Å². The number of aliphatic hydroxyl groups excluding tert-OH is 7. The number of hydrogen-bond donors (Lipinski definition) is 13. The number of rotatable bonds is 10. The summed E-state index contributed by atoms with van der Waals surface area (Å²) in [5.74, 6) is 0.556. The maximum Gasteiger partial charge on any atom is 0.314 e. The summed E-state index contributed by atoms with van der Waals surface area (Å²) in [6.45, 7) is -0.763. The minimum atomic E-state index is -3.94. The smallest absolute Gasteiger partial charge is 0.314 e. The van der Waals surface area contributed by atoms with Crippen molar-refractivity contribution in [1.29, 1.82) is 0 Å². The van der Waals surface area contributed by atoms with Gasteiger partial charge in [-0.1, -0.05) is 24.3 Å². The van der Waals surface area contributed by atoms with Gasteiger partial charge in [0.05, 0.1) is 41.4 Å². The van der Waals surface area contributed by atoms with Crippen molar-refractivity contribution >= 4 is 37.5 Å². The number of H-pyrrole nitrogens is 2. The molecule has 23 nitrogen and oxygen atoms in total. The van der Waals surface area contributed by atoms with Gasteiger partial charge in [0.1, 0.15) is 66.8 Å². The first kappa shape index (κ1) is 47.3. The molecular weight excluding hydrogens is 843 g/mol. The highest BCUT2D eigenvalue weighted by Gasteiger charge is 2.51. The fourth-order valence-electron chi connectivity index (χ4n) is 7.56. The Labute approximate surface area is 353 Å². The van der Waals surface area contributed by atoms with Gasteiger partial charge >= 0.3 is 11.1 Å². The van der Waals surface area contributed by atoms with Gasteiger partial charge in [0.2, 0.25) is 0 Å². The number of methoxy groups -OCH3 is 1. The van der Waals surface area contributed by atoms with Crippen LogP contribution in [0.2, 0.25) is 0 Å². The van der Waals surface area contributed by atoms with Gasteiger partial charge in [0, 0.05) is 37.1 Å². The largest absolute Gasteiger partial charge is 0.496 e. The zero-order valence-corrected chi connectivity index (χ0v) is 34.3. The van der Waals surface area contributed by atoms with E-state index in [9.17, 15) is 53.8 Å². The molecule has 0 unspecified atom stereocenters. The van der Waals surface area contributed by atoms with Crippen LogP contribution in [0.4, 0.5) is 5.69 Å². The van der Waals surface area contributed by atoms with Crippen LogP contribution in [0.15, 0.2) is 69.1 Å². The van der Waals surface area contributed by atoms with Crippen molar-refractivity contribution in [1.82, 2.24) is 9.97 Å². The Balaban J connectivity index is 0.000000208. The summed E-state index contributed by atoms with van der Waals surface area (Å²) < 4.78 is 55.1. The third kappa shape index (κ3) is 9.36. The molecule has 0 spiro atoms. The van der Waals surface area contributed by atoms with Crippen LogP contribution in [0, 0.1) is 0 Å². The molecule has 3 heterocycles. The third-order valence-electron chi connectivity index (χ3n) is 11.2. The van der Waals surface area contributed by atoms with Crippen LogP contribution >= 0.6 is 0 Å². The normalized spacial score (nSPS) is 34.0. The molecule has 2 saturated heterocycles. The first-order valence-electron chi connectivity index (χ1n) is 19.4. The fraction of sp³-hybridized carbons (Fsp3) is 0.526. The quantitative estimate of drug-likeness (QED) is 0.0662.